The number of thiophene rings is 1. The Morgan fingerprint density at radius 3 is 0.565 bits per heavy atom. The zero-order valence-electron chi connectivity index (χ0n) is 37.9. The molecule has 0 saturated heterocycles. The van der Waals surface area contributed by atoms with Crippen molar-refractivity contribution in [3.8, 4) is 20.9 Å². The van der Waals surface area contributed by atoms with Gasteiger partial charge in [0.2, 0.25) is 0 Å². The van der Waals surface area contributed by atoms with Gasteiger partial charge in [0.1, 0.15) is 0 Å². The van der Waals surface area contributed by atoms with Crippen LogP contribution in [-0.4, -0.2) is 0 Å². The molecule has 0 fully saturated rings. The summed E-state index contributed by atoms with van der Waals surface area (Å²) in [6.07, 6.45) is 0. The van der Waals surface area contributed by atoms with Crippen LogP contribution in [0.4, 0.5) is 68.2 Å². The van der Waals surface area contributed by atoms with Gasteiger partial charge in [-0.2, -0.15) is 0 Å². The molecule has 11 rings (SSSR count). The highest BCUT2D eigenvalue weighted by molar-refractivity contribution is 7.18. The molecule has 0 aliphatic rings. The molecule has 4 nitrogen and oxygen atoms in total. The number of benzene rings is 10. The molecule has 69 heavy (non-hydrogen) atoms. The molecule has 11 aromatic rings. The monoisotopic (exact) mass is 904 g/mol. The van der Waals surface area contributed by atoms with Crippen LogP contribution in [0, 0.1) is 0 Å². The average molecular weight is 905 g/mol. The molecular formula is C64H48N4S. The van der Waals surface area contributed by atoms with Crippen molar-refractivity contribution in [3.63, 3.8) is 0 Å². The summed E-state index contributed by atoms with van der Waals surface area (Å²) in [5.41, 5.74) is 15.4. The minimum atomic E-state index is 1.04. The van der Waals surface area contributed by atoms with Crippen LogP contribution in [0.5, 0.6) is 0 Å². The minimum Gasteiger partial charge on any atom is -0.311 e. The third-order valence-corrected chi connectivity index (χ3v) is 13.4. The molecule has 1 heterocycles. The van der Waals surface area contributed by atoms with Gasteiger partial charge in [0, 0.05) is 78.0 Å². The number of nitrogens with zero attached hydrogens (tertiary/aromatic N) is 4. The molecule has 0 saturated carbocycles. The van der Waals surface area contributed by atoms with E-state index in [4.69, 9.17) is 0 Å². The molecule has 0 radical (unpaired) electrons. The molecule has 0 aliphatic carbocycles. The van der Waals surface area contributed by atoms with Crippen LogP contribution >= 0.6 is 11.3 Å². The van der Waals surface area contributed by atoms with E-state index >= 15 is 0 Å². The topological polar surface area (TPSA) is 13.0 Å². The first-order chi connectivity index (χ1) is 34.2. The van der Waals surface area contributed by atoms with Crippen LogP contribution in [0.15, 0.2) is 291 Å². The molecular weight excluding hydrogens is 857 g/mol. The Morgan fingerprint density at radius 1 is 0.159 bits per heavy atom. The predicted octanol–water partition coefficient (Wildman–Crippen LogP) is 19.0. The van der Waals surface area contributed by atoms with Gasteiger partial charge in [-0.05, 0) is 169 Å². The van der Waals surface area contributed by atoms with Crippen LogP contribution in [0.1, 0.15) is 0 Å². The summed E-state index contributed by atoms with van der Waals surface area (Å²) in [5, 5.41) is 0. The third-order valence-electron chi connectivity index (χ3n) is 12.2. The van der Waals surface area contributed by atoms with Gasteiger partial charge >= 0.3 is 0 Å². The molecule has 0 N–H and O–H groups in total. The number of rotatable bonds is 14. The van der Waals surface area contributed by atoms with E-state index in [2.05, 4.69) is 311 Å². The number of para-hydroxylation sites is 5. The molecule has 0 bridgehead atoms. The first kappa shape index (κ1) is 42.7. The maximum absolute atomic E-state index is 2.34. The number of anilines is 12. The molecule has 330 valence electrons. The summed E-state index contributed by atoms with van der Waals surface area (Å²) >= 11 is 1.82. The first-order valence-corrected chi connectivity index (χ1v) is 24.1. The molecule has 0 atom stereocenters. The van der Waals surface area contributed by atoms with E-state index in [-0.39, 0.29) is 0 Å². The van der Waals surface area contributed by atoms with Crippen LogP contribution in [0.2, 0.25) is 0 Å². The molecule has 0 amide bonds. The fraction of sp³-hybridized carbons (Fsp3) is 0. The molecule has 0 spiro atoms. The summed E-state index contributed by atoms with van der Waals surface area (Å²) in [7, 11) is 0. The van der Waals surface area contributed by atoms with Gasteiger partial charge in [0.25, 0.3) is 0 Å². The van der Waals surface area contributed by atoms with E-state index in [0.29, 0.717) is 0 Å². The van der Waals surface area contributed by atoms with Gasteiger partial charge in [0.05, 0.1) is 0 Å². The highest BCUT2D eigenvalue weighted by Crippen LogP contribution is 2.43. The molecule has 1 aromatic heterocycles. The third kappa shape index (κ3) is 9.28. The second-order valence-corrected chi connectivity index (χ2v) is 17.7. The van der Waals surface area contributed by atoms with E-state index in [1.165, 1.54) is 20.9 Å². The zero-order valence-corrected chi connectivity index (χ0v) is 38.7. The molecule has 5 heteroatoms. The van der Waals surface area contributed by atoms with E-state index in [1.807, 2.05) is 11.3 Å². The lowest BCUT2D eigenvalue weighted by Crippen LogP contribution is -2.13. The summed E-state index contributed by atoms with van der Waals surface area (Å²) in [4.78, 5) is 11.8. The van der Waals surface area contributed by atoms with Crippen LogP contribution in [0.3, 0.4) is 0 Å². The lowest BCUT2D eigenvalue weighted by atomic mass is 10.1. The number of hydrogen-bond acceptors (Lipinski definition) is 5. The maximum atomic E-state index is 2.34. The Hall–Kier alpha value is -8.90. The Labute approximate surface area is 409 Å². The second-order valence-electron chi connectivity index (χ2n) is 16.6. The average Bonchev–Trinajstić information content (AvgIpc) is 3.93. The van der Waals surface area contributed by atoms with E-state index in [9.17, 15) is 0 Å². The summed E-state index contributed by atoms with van der Waals surface area (Å²) in [5.74, 6) is 0. The lowest BCUT2D eigenvalue weighted by molar-refractivity contribution is 1.24. The Morgan fingerprint density at radius 2 is 0.333 bits per heavy atom. The lowest BCUT2D eigenvalue weighted by Gasteiger charge is -2.30. The van der Waals surface area contributed by atoms with Gasteiger partial charge in [-0.15, -0.1) is 11.3 Å². The highest BCUT2D eigenvalue weighted by Gasteiger charge is 2.20. The molecule has 0 unspecified atom stereocenters. The van der Waals surface area contributed by atoms with Gasteiger partial charge in [-0.1, -0.05) is 133 Å². The minimum absolute atomic E-state index is 1.04. The maximum Gasteiger partial charge on any atom is 0.0463 e. The van der Waals surface area contributed by atoms with Crippen molar-refractivity contribution in [2.24, 2.45) is 0 Å². The fourth-order valence-corrected chi connectivity index (χ4v) is 9.97. The number of hydrogen-bond donors (Lipinski definition) is 0. The smallest absolute Gasteiger partial charge is 0.0463 e. The summed E-state index contributed by atoms with van der Waals surface area (Å²) in [6, 6.07) is 104. The first-order valence-electron chi connectivity index (χ1n) is 23.3. The van der Waals surface area contributed by atoms with Crippen molar-refractivity contribution >= 4 is 79.6 Å². The van der Waals surface area contributed by atoms with Crippen LogP contribution in [0.25, 0.3) is 20.9 Å². The Bertz CT molecular complexity index is 3130. The predicted molar refractivity (Wildman–Crippen MR) is 294 cm³/mol. The van der Waals surface area contributed by atoms with Crippen molar-refractivity contribution < 1.29 is 0 Å². The molecule has 10 aromatic carbocycles. The highest BCUT2D eigenvalue weighted by atomic mass is 32.1. The standard InChI is InChI=1S/C64H48N4S/c1-7-19-49(20-8-1)63-47-48-64(69-63)50-31-33-56(34-32-50)67(55-29-17-6-18-30-55)59-39-45-62(46-40-59)68(60-41-35-57(36-42-60)65(51-21-9-2-10-22-51)52-23-11-3-12-24-52)61-43-37-58(38-44-61)66(53-25-13-4-14-26-53)54-27-15-5-16-28-54/h1-48H. The van der Waals surface area contributed by atoms with Gasteiger partial charge in [-0.25, -0.2) is 0 Å². The Balaban J connectivity index is 0.963. The fourth-order valence-electron chi connectivity index (χ4n) is 8.95. The molecule has 0 aliphatic heterocycles. The largest absolute Gasteiger partial charge is 0.311 e. The van der Waals surface area contributed by atoms with Gasteiger partial charge < -0.3 is 19.6 Å². The van der Waals surface area contributed by atoms with Gasteiger partial charge in [0.15, 0.2) is 0 Å². The normalized spacial score (nSPS) is 10.9. The van der Waals surface area contributed by atoms with Crippen LogP contribution in [-0.2, 0) is 0 Å². The second kappa shape index (κ2) is 19.9. The van der Waals surface area contributed by atoms with Crippen molar-refractivity contribution in [1.29, 1.82) is 0 Å². The summed E-state index contributed by atoms with van der Waals surface area (Å²) in [6.45, 7) is 0. The summed E-state index contributed by atoms with van der Waals surface area (Å²) < 4.78 is 0. The van der Waals surface area contributed by atoms with E-state index in [0.717, 1.165) is 68.2 Å². The van der Waals surface area contributed by atoms with E-state index < -0.39 is 0 Å². The van der Waals surface area contributed by atoms with E-state index in [1.54, 1.807) is 0 Å². The van der Waals surface area contributed by atoms with Crippen molar-refractivity contribution in [1.82, 2.24) is 0 Å². The van der Waals surface area contributed by atoms with Gasteiger partial charge in [-0.3, -0.25) is 0 Å². The Kier molecular flexibility index (Phi) is 12.3. The quantitative estimate of drug-likeness (QED) is 0.108. The zero-order chi connectivity index (χ0) is 46.2. The van der Waals surface area contributed by atoms with Crippen molar-refractivity contribution in [3.05, 3.63) is 291 Å². The SMILES string of the molecule is c1ccc(-c2ccc(-c3ccc(N(c4ccccc4)c4ccc(N(c5ccc(N(c6ccccc6)c6ccccc6)cc5)c5ccc(N(c6ccccc6)c6ccccc6)cc5)cc4)cc3)s2)cc1. The van der Waals surface area contributed by atoms with Crippen molar-refractivity contribution in [2.75, 3.05) is 19.6 Å². The van der Waals surface area contributed by atoms with Crippen molar-refractivity contribution in [2.45, 2.75) is 0 Å². The van der Waals surface area contributed by atoms with Crippen LogP contribution < -0.4 is 19.6 Å².